The van der Waals surface area contributed by atoms with Gasteiger partial charge < -0.3 is 10.1 Å². The van der Waals surface area contributed by atoms with Crippen LogP contribution in [0.15, 0.2) is 36.5 Å². The first-order chi connectivity index (χ1) is 10.2. The number of aromatic nitrogens is 2. The van der Waals surface area contributed by atoms with Crippen LogP contribution in [0.5, 0.6) is 0 Å². The summed E-state index contributed by atoms with van der Waals surface area (Å²) in [6.45, 7) is 0.947. The molecule has 1 N–H and O–H groups in total. The van der Waals surface area contributed by atoms with Gasteiger partial charge >= 0.3 is 0 Å². The fraction of sp³-hybridized carbons (Fsp3) is 0.333. The SMILES string of the molecule is O=C(Nc1ccn(Cc2ccccc2F)n1)C1CCCO1. The van der Waals surface area contributed by atoms with Gasteiger partial charge in [0.2, 0.25) is 0 Å². The highest BCUT2D eigenvalue weighted by Crippen LogP contribution is 2.15. The summed E-state index contributed by atoms with van der Waals surface area (Å²) in [5.41, 5.74) is 0.553. The smallest absolute Gasteiger partial charge is 0.254 e. The molecule has 1 fully saturated rings. The first-order valence-electron chi connectivity index (χ1n) is 6.92. The average Bonchev–Trinajstić information content (AvgIpc) is 3.13. The third-order valence-electron chi connectivity index (χ3n) is 3.40. The molecule has 0 saturated carbocycles. The van der Waals surface area contributed by atoms with Gasteiger partial charge in [0.05, 0.1) is 6.54 Å². The van der Waals surface area contributed by atoms with E-state index in [1.165, 1.54) is 6.07 Å². The number of hydrogen-bond donors (Lipinski definition) is 1. The number of halogens is 1. The van der Waals surface area contributed by atoms with Crippen LogP contribution in [0.25, 0.3) is 0 Å². The van der Waals surface area contributed by atoms with Crippen molar-refractivity contribution in [2.75, 3.05) is 11.9 Å². The molecule has 1 aliphatic heterocycles. The van der Waals surface area contributed by atoms with Gasteiger partial charge in [0.15, 0.2) is 5.82 Å². The van der Waals surface area contributed by atoms with Crippen LogP contribution in [0.3, 0.4) is 0 Å². The standard InChI is InChI=1S/C15H16FN3O2/c16-12-5-2-1-4-11(12)10-19-8-7-14(18-19)17-15(20)13-6-3-9-21-13/h1-2,4-5,7-8,13H,3,6,9-10H2,(H,17,18,20). The van der Waals surface area contributed by atoms with Crippen LogP contribution >= 0.6 is 0 Å². The molecule has 110 valence electrons. The van der Waals surface area contributed by atoms with Gasteiger partial charge in [-0.3, -0.25) is 9.48 Å². The van der Waals surface area contributed by atoms with Crippen LogP contribution in [0.2, 0.25) is 0 Å². The van der Waals surface area contributed by atoms with E-state index in [-0.39, 0.29) is 17.8 Å². The Morgan fingerprint density at radius 1 is 1.43 bits per heavy atom. The fourth-order valence-electron chi connectivity index (χ4n) is 2.31. The Kier molecular flexibility index (Phi) is 3.96. The largest absolute Gasteiger partial charge is 0.368 e. The molecule has 0 aliphatic carbocycles. The number of carbonyl (C=O) groups excluding carboxylic acids is 1. The Hall–Kier alpha value is -2.21. The molecule has 21 heavy (non-hydrogen) atoms. The van der Waals surface area contributed by atoms with Gasteiger partial charge in [-0.1, -0.05) is 18.2 Å². The van der Waals surface area contributed by atoms with Gasteiger partial charge in [0.1, 0.15) is 11.9 Å². The zero-order valence-corrected chi connectivity index (χ0v) is 11.5. The van der Waals surface area contributed by atoms with E-state index < -0.39 is 0 Å². The highest BCUT2D eigenvalue weighted by atomic mass is 19.1. The molecule has 1 aliphatic rings. The molecular weight excluding hydrogens is 273 g/mol. The van der Waals surface area contributed by atoms with Crippen molar-refractivity contribution in [2.24, 2.45) is 0 Å². The highest BCUT2D eigenvalue weighted by molar-refractivity contribution is 5.93. The average molecular weight is 289 g/mol. The maximum Gasteiger partial charge on any atom is 0.254 e. The Morgan fingerprint density at radius 3 is 3.05 bits per heavy atom. The first-order valence-corrected chi connectivity index (χ1v) is 6.92. The van der Waals surface area contributed by atoms with Crippen LogP contribution in [-0.4, -0.2) is 28.4 Å². The van der Waals surface area contributed by atoms with E-state index in [1.807, 2.05) is 0 Å². The highest BCUT2D eigenvalue weighted by Gasteiger charge is 2.23. The molecular formula is C15H16FN3O2. The number of carbonyl (C=O) groups is 1. The molecule has 1 unspecified atom stereocenters. The minimum Gasteiger partial charge on any atom is -0.368 e. The topological polar surface area (TPSA) is 56.2 Å². The summed E-state index contributed by atoms with van der Waals surface area (Å²) in [5.74, 6) is 0.00780. The van der Waals surface area contributed by atoms with Crippen molar-refractivity contribution in [1.82, 2.24) is 9.78 Å². The minimum atomic E-state index is -0.387. The quantitative estimate of drug-likeness (QED) is 0.938. The summed E-state index contributed by atoms with van der Waals surface area (Å²) in [7, 11) is 0. The predicted octanol–water partition coefficient (Wildman–Crippen LogP) is 2.19. The Labute approximate surface area is 121 Å². The first kappa shape index (κ1) is 13.8. The normalized spacial score (nSPS) is 17.9. The van der Waals surface area contributed by atoms with Gasteiger partial charge in [-0.15, -0.1) is 0 Å². The predicted molar refractivity (Wildman–Crippen MR) is 75.3 cm³/mol. The lowest BCUT2D eigenvalue weighted by molar-refractivity contribution is -0.124. The second-order valence-electron chi connectivity index (χ2n) is 4.98. The Morgan fingerprint density at radius 2 is 2.29 bits per heavy atom. The number of amides is 1. The van der Waals surface area contributed by atoms with Crippen LogP contribution in [-0.2, 0) is 16.1 Å². The van der Waals surface area contributed by atoms with Crippen molar-refractivity contribution < 1.29 is 13.9 Å². The zero-order valence-electron chi connectivity index (χ0n) is 11.5. The van der Waals surface area contributed by atoms with Gasteiger partial charge in [-0.05, 0) is 18.9 Å². The summed E-state index contributed by atoms with van der Waals surface area (Å²) >= 11 is 0. The lowest BCUT2D eigenvalue weighted by atomic mass is 10.2. The molecule has 5 nitrogen and oxygen atoms in total. The van der Waals surface area contributed by atoms with Crippen molar-refractivity contribution in [2.45, 2.75) is 25.5 Å². The van der Waals surface area contributed by atoms with Crippen LogP contribution in [0.4, 0.5) is 10.2 Å². The van der Waals surface area contributed by atoms with Crippen LogP contribution < -0.4 is 5.32 Å². The summed E-state index contributed by atoms with van der Waals surface area (Å²) in [6.07, 6.45) is 2.96. The van der Waals surface area contributed by atoms with E-state index >= 15 is 0 Å². The molecule has 2 aromatic rings. The Bertz CT molecular complexity index is 635. The van der Waals surface area contributed by atoms with E-state index in [9.17, 15) is 9.18 Å². The van der Waals surface area contributed by atoms with Gasteiger partial charge in [0.25, 0.3) is 5.91 Å². The lowest BCUT2D eigenvalue weighted by Gasteiger charge is -2.08. The number of nitrogens with one attached hydrogen (secondary N) is 1. The van der Waals surface area contributed by atoms with Crippen molar-refractivity contribution >= 4 is 11.7 Å². The minimum absolute atomic E-state index is 0.177. The third kappa shape index (κ3) is 3.28. The third-order valence-corrected chi connectivity index (χ3v) is 3.40. The summed E-state index contributed by atoms with van der Waals surface area (Å²) < 4.78 is 20.5. The second-order valence-corrected chi connectivity index (χ2v) is 4.98. The van der Waals surface area contributed by atoms with Crippen molar-refractivity contribution in [3.05, 3.63) is 47.9 Å². The molecule has 0 radical (unpaired) electrons. The maximum atomic E-state index is 13.6. The number of hydrogen-bond acceptors (Lipinski definition) is 3. The van der Waals surface area contributed by atoms with Crippen molar-refractivity contribution in [3.63, 3.8) is 0 Å². The monoisotopic (exact) mass is 289 g/mol. The number of nitrogens with zero attached hydrogens (tertiary/aromatic N) is 2. The van der Waals surface area contributed by atoms with Crippen LogP contribution in [0, 0.1) is 5.82 Å². The molecule has 1 aromatic heterocycles. The van der Waals surface area contributed by atoms with Gasteiger partial charge in [0, 0.05) is 24.4 Å². The molecule has 0 spiro atoms. The molecule has 1 amide bonds. The van der Waals surface area contributed by atoms with Crippen molar-refractivity contribution in [3.8, 4) is 0 Å². The van der Waals surface area contributed by atoms with Gasteiger partial charge in [-0.2, -0.15) is 5.10 Å². The van der Waals surface area contributed by atoms with Crippen molar-refractivity contribution in [1.29, 1.82) is 0 Å². The summed E-state index contributed by atoms with van der Waals surface area (Å²) in [5, 5.41) is 6.94. The summed E-state index contributed by atoms with van der Waals surface area (Å²) in [6, 6.07) is 8.24. The number of rotatable bonds is 4. The fourth-order valence-corrected chi connectivity index (χ4v) is 2.31. The zero-order chi connectivity index (χ0) is 14.7. The number of anilines is 1. The maximum absolute atomic E-state index is 13.6. The lowest BCUT2D eigenvalue weighted by Crippen LogP contribution is -2.27. The molecule has 1 saturated heterocycles. The van der Waals surface area contributed by atoms with E-state index in [1.54, 1.807) is 35.1 Å². The molecule has 3 rings (SSSR count). The molecule has 2 heterocycles. The summed E-state index contributed by atoms with van der Waals surface area (Å²) in [4.78, 5) is 11.9. The van der Waals surface area contributed by atoms with E-state index in [2.05, 4.69) is 10.4 Å². The van der Waals surface area contributed by atoms with E-state index in [4.69, 9.17) is 4.74 Å². The molecule has 1 atom stereocenters. The van der Waals surface area contributed by atoms with Gasteiger partial charge in [-0.25, -0.2) is 4.39 Å². The second kappa shape index (κ2) is 6.05. The molecule has 1 aromatic carbocycles. The molecule has 6 heteroatoms. The van der Waals surface area contributed by atoms with E-state index in [0.717, 1.165) is 12.8 Å². The Balaban J connectivity index is 1.63. The number of ether oxygens (including phenoxy) is 1. The van der Waals surface area contributed by atoms with Crippen LogP contribution in [0.1, 0.15) is 18.4 Å². The molecule has 0 bridgehead atoms. The number of benzene rings is 1. The van der Waals surface area contributed by atoms with E-state index in [0.29, 0.717) is 24.5 Å².